The van der Waals surface area contributed by atoms with Crippen LogP contribution in [0, 0.1) is 5.41 Å². The smallest absolute Gasteiger partial charge is 0.475 e. The fourth-order valence-electron chi connectivity index (χ4n) is 4.15. The van der Waals surface area contributed by atoms with Gasteiger partial charge >= 0.3 is 36.4 Å². The molecule has 0 atom stereocenters. The minimum atomic E-state index is -5.08. The number of carbonyl (C=O) groups excluding carboxylic acids is 1. The molecule has 4 rings (SSSR count). The first-order valence-corrected chi connectivity index (χ1v) is 12.8. The summed E-state index contributed by atoms with van der Waals surface area (Å²) in [6.45, 7) is 4.39. The third-order valence-corrected chi connectivity index (χ3v) is 6.39. The van der Waals surface area contributed by atoms with Gasteiger partial charge in [-0.05, 0) is 44.5 Å². The molecule has 2 aromatic heterocycles. The Labute approximate surface area is 254 Å². The van der Waals surface area contributed by atoms with Crippen molar-refractivity contribution in [2.24, 2.45) is 12.5 Å². The van der Waals surface area contributed by atoms with E-state index >= 15 is 0 Å². The average molecular weight is 682 g/mol. The van der Waals surface area contributed by atoms with E-state index in [2.05, 4.69) is 21.2 Å². The van der Waals surface area contributed by atoms with Crippen molar-refractivity contribution in [3.63, 3.8) is 0 Å². The average Bonchev–Trinajstić information content (AvgIpc) is 3.48. The third-order valence-electron chi connectivity index (χ3n) is 6.39. The topological polar surface area (TPSA) is 166 Å². The summed E-state index contributed by atoms with van der Waals surface area (Å²) in [4.78, 5) is 48.5. The summed E-state index contributed by atoms with van der Waals surface area (Å²) in [6.07, 6.45) is -6.54. The van der Waals surface area contributed by atoms with Gasteiger partial charge in [-0.3, -0.25) is 19.4 Å². The predicted octanol–water partition coefficient (Wildman–Crippen LogP) is 3.73. The second-order valence-corrected chi connectivity index (χ2v) is 9.79. The van der Waals surface area contributed by atoms with Crippen molar-refractivity contribution in [2.75, 3.05) is 19.6 Å². The van der Waals surface area contributed by atoms with Crippen molar-refractivity contribution in [2.45, 2.75) is 50.9 Å². The number of hydrogen-bond acceptors (Lipinski definition) is 7. The normalized spacial score (nSPS) is 16.3. The van der Waals surface area contributed by atoms with Gasteiger partial charge in [0, 0.05) is 38.1 Å². The highest BCUT2D eigenvalue weighted by Crippen LogP contribution is 2.42. The standard InChI is InChI=1S/C19H25N5O.3C2HF3O2/c1-22-13-16(12-21-22)14-23-9-5-19(6-10-23)7-11-24(18(19)25)15-17-4-2-3-8-20-17;3*3-2(4,5)1(6)7/h2-4,8,12-13H,5-7,9-11,14-15H2,1H3;3*(H,6,7). The molecule has 2 fully saturated rings. The van der Waals surface area contributed by atoms with Crippen LogP contribution in [-0.4, -0.2) is 102 Å². The van der Waals surface area contributed by atoms with Crippen LogP contribution in [0.15, 0.2) is 36.8 Å². The number of carbonyl (C=O) groups is 4. The van der Waals surface area contributed by atoms with Gasteiger partial charge in [-0.15, -0.1) is 0 Å². The fraction of sp³-hybridized carbons (Fsp3) is 0.520. The van der Waals surface area contributed by atoms with Crippen molar-refractivity contribution in [3.05, 3.63) is 48.0 Å². The first-order valence-electron chi connectivity index (χ1n) is 12.8. The Hall–Kier alpha value is -4.43. The van der Waals surface area contributed by atoms with Gasteiger partial charge in [0.05, 0.1) is 23.9 Å². The number of aliphatic carboxylic acids is 3. The largest absolute Gasteiger partial charge is 0.490 e. The zero-order chi connectivity index (χ0) is 35.5. The van der Waals surface area contributed by atoms with Gasteiger partial charge in [0.1, 0.15) is 0 Å². The third kappa shape index (κ3) is 13.3. The summed E-state index contributed by atoms with van der Waals surface area (Å²) in [5.74, 6) is -7.94. The Morgan fingerprint density at radius 2 is 1.26 bits per heavy atom. The maximum Gasteiger partial charge on any atom is 0.490 e. The van der Waals surface area contributed by atoms with Crippen LogP contribution in [0.1, 0.15) is 30.5 Å². The minimum absolute atomic E-state index is 0.139. The summed E-state index contributed by atoms with van der Waals surface area (Å²) in [6, 6.07) is 5.89. The number of alkyl halides is 9. The lowest BCUT2D eigenvalue weighted by Crippen LogP contribution is -2.44. The van der Waals surface area contributed by atoms with E-state index in [1.54, 1.807) is 6.20 Å². The number of rotatable bonds is 4. The van der Waals surface area contributed by atoms with Gasteiger partial charge in [-0.2, -0.15) is 44.6 Å². The van der Waals surface area contributed by atoms with Gasteiger partial charge < -0.3 is 20.2 Å². The summed E-state index contributed by atoms with van der Waals surface area (Å²) >= 11 is 0. The number of hydrogen-bond donors (Lipinski definition) is 3. The van der Waals surface area contributed by atoms with Crippen LogP contribution in [0.3, 0.4) is 0 Å². The van der Waals surface area contributed by atoms with E-state index in [1.807, 2.05) is 41.0 Å². The number of nitrogens with zero attached hydrogens (tertiary/aromatic N) is 5. The summed E-state index contributed by atoms with van der Waals surface area (Å²) < 4.78 is 97.1. The number of aryl methyl sites for hydroxylation is 1. The first kappa shape index (κ1) is 39.6. The van der Waals surface area contributed by atoms with Gasteiger partial charge in [0.2, 0.25) is 5.91 Å². The van der Waals surface area contributed by atoms with E-state index in [0.717, 1.165) is 51.1 Å². The van der Waals surface area contributed by atoms with E-state index in [4.69, 9.17) is 29.7 Å². The van der Waals surface area contributed by atoms with Crippen molar-refractivity contribution in [3.8, 4) is 0 Å². The Bertz CT molecular complexity index is 1250. The van der Waals surface area contributed by atoms with Gasteiger partial charge in [0.15, 0.2) is 0 Å². The highest BCUT2D eigenvalue weighted by atomic mass is 19.4. The monoisotopic (exact) mass is 681 g/mol. The highest BCUT2D eigenvalue weighted by molar-refractivity contribution is 5.85. The van der Waals surface area contributed by atoms with E-state index in [-0.39, 0.29) is 5.41 Å². The van der Waals surface area contributed by atoms with E-state index in [9.17, 15) is 44.3 Å². The summed E-state index contributed by atoms with van der Waals surface area (Å²) in [5.41, 5.74) is 2.08. The molecule has 2 aliphatic heterocycles. The number of amides is 1. The molecule has 2 aromatic rings. The van der Waals surface area contributed by atoms with Crippen LogP contribution in [-0.2, 0) is 39.3 Å². The molecule has 0 aromatic carbocycles. The summed E-state index contributed by atoms with van der Waals surface area (Å²) in [5, 5.41) is 25.6. The van der Waals surface area contributed by atoms with E-state index in [1.165, 1.54) is 5.56 Å². The number of carboxylic acids is 3. The SMILES string of the molecule is Cn1cc(CN2CCC3(CC2)CCN(Cc2ccccn2)C3=O)cn1.O=C(O)C(F)(F)F.O=C(O)C(F)(F)F.O=C(O)C(F)(F)F. The maximum atomic E-state index is 13.0. The van der Waals surface area contributed by atoms with Crippen molar-refractivity contribution < 1.29 is 74.0 Å². The number of likely N-dealkylation sites (tertiary alicyclic amines) is 2. The molecule has 3 N–H and O–H groups in total. The van der Waals surface area contributed by atoms with Crippen molar-refractivity contribution in [1.29, 1.82) is 0 Å². The second kappa shape index (κ2) is 16.2. The van der Waals surface area contributed by atoms with Gasteiger partial charge in [-0.25, -0.2) is 14.4 Å². The molecule has 21 heteroatoms. The first-order chi connectivity index (χ1) is 21.0. The lowest BCUT2D eigenvalue weighted by Gasteiger charge is -2.37. The Balaban J connectivity index is 0.000000413. The molecular formula is C25H28F9N5O7. The molecule has 4 heterocycles. The fourth-order valence-corrected chi connectivity index (χ4v) is 4.15. The van der Waals surface area contributed by atoms with Crippen LogP contribution in [0.4, 0.5) is 39.5 Å². The highest BCUT2D eigenvalue weighted by Gasteiger charge is 2.48. The Morgan fingerprint density at radius 3 is 1.63 bits per heavy atom. The molecular weight excluding hydrogens is 653 g/mol. The van der Waals surface area contributed by atoms with Crippen LogP contribution in [0.25, 0.3) is 0 Å². The molecule has 0 radical (unpaired) electrons. The maximum absolute atomic E-state index is 13.0. The molecule has 2 saturated heterocycles. The Morgan fingerprint density at radius 1 is 0.804 bits per heavy atom. The van der Waals surface area contributed by atoms with Crippen molar-refractivity contribution in [1.82, 2.24) is 24.6 Å². The van der Waals surface area contributed by atoms with E-state index in [0.29, 0.717) is 12.5 Å². The predicted molar refractivity (Wildman–Crippen MR) is 135 cm³/mol. The number of piperidine rings is 1. The Kier molecular flexibility index (Phi) is 14.0. The molecule has 258 valence electrons. The van der Waals surface area contributed by atoms with Crippen LogP contribution in [0.2, 0.25) is 0 Å². The zero-order valence-electron chi connectivity index (χ0n) is 23.7. The molecule has 2 aliphatic rings. The number of halogens is 9. The number of pyridine rings is 1. The lowest BCUT2D eigenvalue weighted by molar-refractivity contribution is -0.193. The number of carboxylic acid groups (broad SMARTS) is 3. The molecule has 0 unspecified atom stereocenters. The molecule has 12 nitrogen and oxygen atoms in total. The van der Waals surface area contributed by atoms with E-state index < -0.39 is 36.4 Å². The molecule has 0 aliphatic carbocycles. The quantitative estimate of drug-likeness (QED) is 0.405. The van der Waals surface area contributed by atoms with Gasteiger partial charge in [-0.1, -0.05) is 6.07 Å². The van der Waals surface area contributed by atoms with Crippen LogP contribution >= 0.6 is 0 Å². The van der Waals surface area contributed by atoms with Gasteiger partial charge in [0.25, 0.3) is 0 Å². The molecule has 46 heavy (non-hydrogen) atoms. The molecule has 1 amide bonds. The molecule has 1 spiro atoms. The lowest BCUT2D eigenvalue weighted by atomic mass is 9.77. The van der Waals surface area contributed by atoms with Crippen molar-refractivity contribution >= 4 is 23.8 Å². The summed E-state index contributed by atoms with van der Waals surface area (Å²) in [7, 11) is 1.95. The zero-order valence-corrected chi connectivity index (χ0v) is 23.7. The molecule has 0 bridgehead atoms. The second-order valence-electron chi connectivity index (χ2n) is 9.79. The minimum Gasteiger partial charge on any atom is -0.475 e. The van der Waals surface area contributed by atoms with Crippen LogP contribution < -0.4 is 0 Å². The molecule has 0 saturated carbocycles. The van der Waals surface area contributed by atoms with Crippen LogP contribution in [0.5, 0.6) is 0 Å². The number of aromatic nitrogens is 3.